The zero-order chi connectivity index (χ0) is 31.4. The second-order valence-electron chi connectivity index (χ2n) is 10.8. The van der Waals surface area contributed by atoms with Gasteiger partial charge >= 0.3 is 5.97 Å². The first-order valence-electron chi connectivity index (χ1n) is 14.4. The Morgan fingerprint density at radius 3 is 2.73 bits per heavy atom. The number of carbonyl (C=O) groups excluding carboxylic acids is 1. The molecule has 4 aromatic heterocycles. The first-order chi connectivity index (χ1) is 21.8. The largest absolute Gasteiger partial charge is 0.461 e. The van der Waals surface area contributed by atoms with Crippen LogP contribution in [0.25, 0.3) is 21.5 Å². The van der Waals surface area contributed by atoms with Crippen LogP contribution < -0.4 is 5.32 Å². The van der Waals surface area contributed by atoms with Gasteiger partial charge < -0.3 is 10.1 Å². The molecule has 1 aromatic carbocycles. The average Bonchev–Trinajstić information content (AvgIpc) is 3.80. The molecule has 5 aromatic rings. The van der Waals surface area contributed by atoms with E-state index in [1.807, 2.05) is 54.2 Å². The number of sulfonamides is 1. The fourth-order valence-electron chi connectivity index (χ4n) is 5.17. The van der Waals surface area contributed by atoms with Crippen LogP contribution in [0.15, 0.2) is 66.6 Å². The third-order valence-electron chi connectivity index (χ3n) is 7.65. The van der Waals surface area contributed by atoms with Crippen LogP contribution in [0, 0.1) is 11.3 Å². The lowest BCUT2D eigenvalue weighted by Gasteiger charge is -2.47. The first kappa shape index (κ1) is 30.4. The summed E-state index contributed by atoms with van der Waals surface area (Å²) in [6.45, 7) is 2.80. The predicted octanol–water partition coefficient (Wildman–Crippen LogP) is 4.29. The van der Waals surface area contributed by atoms with Crippen molar-refractivity contribution in [2.45, 2.75) is 44.9 Å². The molecule has 0 unspecified atom stereocenters. The van der Waals surface area contributed by atoms with Crippen LogP contribution in [-0.2, 0) is 38.2 Å². The van der Waals surface area contributed by atoms with E-state index in [1.54, 1.807) is 28.7 Å². The van der Waals surface area contributed by atoms with Gasteiger partial charge in [-0.3, -0.25) is 14.2 Å². The molecule has 0 atom stereocenters. The fraction of sp³-hybridized carbons (Fsp3) is 0.333. The number of thiophene rings is 1. The second kappa shape index (κ2) is 12.8. The number of ether oxygens (including phenoxy) is 1. The number of aromatic nitrogens is 6. The molecule has 1 aliphatic heterocycles. The van der Waals surface area contributed by atoms with E-state index in [1.165, 1.54) is 15.6 Å². The summed E-state index contributed by atoms with van der Waals surface area (Å²) in [7, 11) is -3.35. The number of nitrogens with zero attached hydrogens (tertiary/aromatic N) is 8. The Kier molecular flexibility index (Phi) is 8.61. The number of fused-ring (bicyclic) bond motifs is 1. The van der Waals surface area contributed by atoms with Crippen molar-refractivity contribution >= 4 is 49.2 Å². The Morgan fingerprint density at radius 1 is 1.13 bits per heavy atom. The van der Waals surface area contributed by atoms with Gasteiger partial charge in [-0.05, 0) is 30.4 Å². The van der Waals surface area contributed by atoms with Crippen molar-refractivity contribution in [1.29, 1.82) is 5.26 Å². The molecule has 1 N–H and O–H groups in total. The van der Waals surface area contributed by atoms with E-state index in [-0.39, 0.29) is 44.3 Å². The summed E-state index contributed by atoms with van der Waals surface area (Å²) in [5, 5.41) is 23.6. The molecule has 0 amide bonds. The van der Waals surface area contributed by atoms with Gasteiger partial charge in [-0.25, -0.2) is 18.4 Å². The van der Waals surface area contributed by atoms with Crippen molar-refractivity contribution in [3.63, 3.8) is 0 Å². The van der Waals surface area contributed by atoms with Crippen LogP contribution in [0.2, 0.25) is 0 Å². The normalized spacial score (nSPS) is 14.6. The Bertz CT molecular complexity index is 1960. The van der Waals surface area contributed by atoms with E-state index in [4.69, 9.17) is 9.72 Å². The van der Waals surface area contributed by atoms with Crippen molar-refractivity contribution in [1.82, 2.24) is 33.8 Å². The molecule has 232 valence electrons. The van der Waals surface area contributed by atoms with E-state index in [9.17, 15) is 18.5 Å². The number of hydrogen-bond donors (Lipinski definition) is 1. The molecule has 45 heavy (non-hydrogen) atoms. The summed E-state index contributed by atoms with van der Waals surface area (Å²) in [5.41, 5.74) is 3.08. The minimum atomic E-state index is -3.35. The van der Waals surface area contributed by atoms with E-state index >= 15 is 0 Å². The maximum atomic E-state index is 12.4. The molecule has 6 rings (SSSR count). The molecule has 0 radical (unpaired) electrons. The van der Waals surface area contributed by atoms with Crippen molar-refractivity contribution in [2.24, 2.45) is 0 Å². The maximum absolute atomic E-state index is 12.4. The first-order valence-corrected chi connectivity index (χ1v) is 16.9. The number of nitrogens with one attached hydrogen (secondary N) is 1. The summed E-state index contributed by atoms with van der Waals surface area (Å²) in [6.07, 6.45) is 8.00. The summed E-state index contributed by atoms with van der Waals surface area (Å²) >= 11 is 1.51. The molecular formula is C30H31N9O4S2. The Morgan fingerprint density at radius 2 is 1.96 bits per heavy atom. The standard InChI is InChI=1S/C30H31N9O4S2/c1-2-45(41,42)38-20-30(21-38,11-12-31)39-17-23(15-33-39)27-28-25(10-14-44-28)35-29(36-27)34-24-16-32-37(18-24)13-6-9-26(40)43-19-22-7-4-3-5-8-22/h3-5,7-8,10,14-18H,2,6,9,11,13,19-21H2,1H3,(H,34,35,36). The molecule has 0 spiro atoms. The van der Waals surface area contributed by atoms with E-state index in [2.05, 4.69) is 26.6 Å². The second-order valence-corrected chi connectivity index (χ2v) is 14.0. The quantitative estimate of drug-likeness (QED) is 0.183. The van der Waals surface area contributed by atoms with Gasteiger partial charge in [0.25, 0.3) is 0 Å². The molecule has 5 heterocycles. The number of anilines is 2. The SMILES string of the molecule is CCS(=O)(=O)N1CC(CC#N)(n2cc(-c3nc(Nc4cnn(CCCC(=O)OCc5ccccc5)c4)nc4ccsc34)cn2)C1. The van der Waals surface area contributed by atoms with Crippen LogP contribution in [-0.4, -0.2) is 67.1 Å². The monoisotopic (exact) mass is 645 g/mol. The zero-order valence-electron chi connectivity index (χ0n) is 24.5. The number of carbonyl (C=O) groups is 1. The molecule has 13 nitrogen and oxygen atoms in total. The Labute approximate surface area is 264 Å². The highest BCUT2D eigenvalue weighted by molar-refractivity contribution is 7.89. The number of hydrogen-bond acceptors (Lipinski definition) is 11. The van der Waals surface area contributed by atoms with Gasteiger partial charge in [-0.2, -0.15) is 19.8 Å². The number of nitriles is 1. The summed E-state index contributed by atoms with van der Waals surface area (Å²) in [5.74, 6) is 0.135. The molecule has 0 bridgehead atoms. The minimum Gasteiger partial charge on any atom is -0.461 e. The Hall–Kier alpha value is -4.65. The number of rotatable bonds is 13. The highest BCUT2D eigenvalue weighted by Crippen LogP contribution is 2.37. The van der Waals surface area contributed by atoms with Crippen molar-refractivity contribution < 1.29 is 17.9 Å². The summed E-state index contributed by atoms with van der Waals surface area (Å²) in [4.78, 5) is 21.6. The van der Waals surface area contributed by atoms with E-state index < -0.39 is 15.6 Å². The van der Waals surface area contributed by atoms with Gasteiger partial charge in [0.05, 0.1) is 52.2 Å². The maximum Gasteiger partial charge on any atom is 0.306 e. The zero-order valence-corrected chi connectivity index (χ0v) is 26.2. The van der Waals surface area contributed by atoms with Crippen LogP contribution >= 0.6 is 11.3 Å². The van der Waals surface area contributed by atoms with Gasteiger partial charge in [0, 0.05) is 44.0 Å². The third-order valence-corrected chi connectivity index (χ3v) is 10.3. The molecule has 15 heteroatoms. The molecule has 0 saturated carbocycles. The molecule has 1 fully saturated rings. The predicted molar refractivity (Wildman–Crippen MR) is 169 cm³/mol. The number of aryl methyl sites for hydroxylation is 1. The lowest BCUT2D eigenvalue weighted by atomic mass is 9.89. The van der Waals surface area contributed by atoms with Crippen LogP contribution in [0.4, 0.5) is 11.6 Å². The van der Waals surface area contributed by atoms with Gasteiger partial charge in [0.2, 0.25) is 16.0 Å². The topological polar surface area (TPSA) is 161 Å². The van der Waals surface area contributed by atoms with Gasteiger partial charge in [0.15, 0.2) is 0 Å². The van der Waals surface area contributed by atoms with Crippen molar-refractivity contribution in [2.75, 3.05) is 24.2 Å². The van der Waals surface area contributed by atoms with Crippen LogP contribution in [0.3, 0.4) is 0 Å². The van der Waals surface area contributed by atoms with Gasteiger partial charge in [0.1, 0.15) is 12.1 Å². The van der Waals surface area contributed by atoms with E-state index in [0.717, 1.165) is 21.3 Å². The fourth-order valence-corrected chi connectivity index (χ4v) is 7.25. The smallest absolute Gasteiger partial charge is 0.306 e. The van der Waals surface area contributed by atoms with Crippen LogP contribution in [0.1, 0.15) is 31.7 Å². The number of benzene rings is 1. The van der Waals surface area contributed by atoms with E-state index in [0.29, 0.717) is 30.3 Å². The highest BCUT2D eigenvalue weighted by atomic mass is 32.2. The highest BCUT2D eigenvalue weighted by Gasteiger charge is 2.49. The van der Waals surface area contributed by atoms with Crippen LogP contribution in [0.5, 0.6) is 0 Å². The molecule has 1 saturated heterocycles. The van der Waals surface area contributed by atoms with Gasteiger partial charge in [-0.15, -0.1) is 11.3 Å². The average molecular weight is 646 g/mol. The lowest BCUT2D eigenvalue weighted by molar-refractivity contribution is -0.145. The van der Waals surface area contributed by atoms with Gasteiger partial charge in [-0.1, -0.05) is 30.3 Å². The van der Waals surface area contributed by atoms with Crippen molar-refractivity contribution in [3.05, 3.63) is 72.1 Å². The minimum absolute atomic E-state index is 0.00971. The lowest BCUT2D eigenvalue weighted by Crippen LogP contribution is -2.64. The molecule has 1 aliphatic rings. The number of esters is 1. The molecular weight excluding hydrogens is 615 g/mol. The van der Waals surface area contributed by atoms with Crippen molar-refractivity contribution in [3.8, 4) is 17.3 Å². The summed E-state index contributed by atoms with van der Waals surface area (Å²) in [6, 6.07) is 13.7. The third kappa shape index (κ3) is 6.58. The summed E-state index contributed by atoms with van der Waals surface area (Å²) < 4.78 is 35.8. The Balaban J connectivity index is 1.12. The molecule has 0 aliphatic carbocycles.